The summed E-state index contributed by atoms with van der Waals surface area (Å²) in [5.41, 5.74) is 5.10. The van der Waals surface area contributed by atoms with E-state index >= 15 is 0 Å². The van der Waals surface area contributed by atoms with Gasteiger partial charge in [0.1, 0.15) is 12.7 Å². The SMILES string of the molecule is COc1ccc(C(=O)OC[C@H]2C=C(c3ccccc3)NO2)cc1OC. The van der Waals surface area contributed by atoms with Crippen LogP contribution in [0.25, 0.3) is 5.70 Å². The first kappa shape index (κ1) is 16.9. The van der Waals surface area contributed by atoms with E-state index in [9.17, 15) is 4.79 Å². The van der Waals surface area contributed by atoms with E-state index in [0.717, 1.165) is 11.3 Å². The summed E-state index contributed by atoms with van der Waals surface area (Å²) in [7, 11) is 3.05. The smallest absolute Gasteiger partial charge is 0.338 e. The maximum Gasteiger partial charge on any atom is 0.338 e. The fourth-order valence-corrected chi connectivity index (χ4v) is 2.45. The molecule has 1 N–H and O–H groups in total. The van der Waals surface area contributed by atoms with Crippen LogP contribution < -0.4 is 15.0 Å². The molecule has 1 atom stereocenters. The number of carbonyl (C=O) groups excluding carboxylic acids is 1. The molecule has 25 heavy (non-hydrogen) atoms. The maximum atomic E-state index is 12.2. The van der Waals surface area contributed by atoms with Gasteiger partial charge in [-0.15, -0.1) is 0 Å². The molecule has 0 spiro atoms. The molecule has 0 bridgehead atoms. The van der Waals surface area contributed by atoms with Crippen LogP contribution in [-0.4, -0.2) is 32.9 Å². The van der Waals surface area contributed by atoms with Crippen LogP contribution in [0.1, 0.15) is 15.9 Å². The molecule has 1 aliphatic rings. The molecule has 0 saturated heterocycles. The minimum atomic E-state index is -0.453. The van der Waals surface area contributed by atoms with E-state index in [1.165, 1.54) is 14.2 Å². The number of rotatable bonds is 6. The minimum Gasteiger partial charge on any atom is -0.493 e. The highest BCUT2D eigenvalue weighted by atomic mass is 16.7. The maximum absolute atomic E-state index is 12.2. The van der Waals surface area contributed by atoms with Crippen molar-refractivity contribution in [1.82, 2.24) is 5.48 Å². The molecule has 0 radical (unpaired) electrons. The van der Waals surface area contributed by atoms with Crippen LogP contribution in [0.15, 0.2) is 54.6 Å². The van der Waals surface area contributed by atoms with Gasteiger partial charge in [-0.1, -0.05) is 30.3 Å². The highest BCUT2D eigenvalue weighted by Crippen LogP contribution is 2.28. The molecule has 0 saturated carbocycles. The fourth-order valence-electron chi connectivity index (χ4n) is 2.45. The molecule has 0 aliphatic carbocycles. The van der Waals surface area contributed by atoms with Gasteiger partial charge < -0.3 is 14.2 Å². The first-order valence-electron chi connectivity index (χ1n) is 7.79. The van der Waals surface area contributed by atoms with E-state index in [4.69, 9.17) is 19.0 Å². The topological polar surface area (TPSA) is 66.0 Å². The zero-order valence-corrected chi connectivity index (χ0v) is 14.0. The van der Waals surface area contributed by atoms with Crippen LogP contribution in [-0.2, 0) is 9.57 Å². The Morgan fingerprint density at radius 1 is 1.08 bits per heavy atom. The van der Waals surface area contributed by atoms with Gasteiger partial charge in [0.05, 0.1) is 25.5 Å². The van der Waals surface area contributed by atoms with E-state index in [1.54, 1.807) is 18.2 Å². The Morgan fingerprint density at radius 3 is 2.56 bits per heavy atom. The van der Waals surface area contributed by atoms with Crippen molar-refractivity contribution in [2.24, 2.45) is 0 Å². The Balaban J connectivity index is 1.61. The van der Waals surface area contributed by atoms with Gasteiger partial charge in [-0.05, 0) is 29.8 Å². The third-order valence-electron chi connectivity index (χ3n) is 3.76. The van der Waals surface area contributed by atoms with Crippen molar-refractivity contribution in [2.45, 2.75) is 6.10 Å². The number of esters is 1. The van der Waals surface area contributed by atoms with Crippen LogP contribution in [0.2, 0.25) is 0 Å². The van der Waals surface area contributed by atoms with Crippen molar-refractivity contribution in [1.29, 1.82) is 0 Å². The largest absolute Gasteiger partial charge is 0.493 e. The average molecular weight is 341 g/mol. The van der Waals surface area contributed by atoms with Crippen LogP contribution >= 0.6 is 0 Å². The Hall–Kier alpha value is -2.99. The van der Waals surface area contributed by atoms with Gasteiger partial charge >= 0.3 is 5.97 Å². The summed E-state index contributed by atoms with van der Waals surface area (Å²) in [4.78, 5) is 17.6. The van der Waals surface area contributed by atoms with E-state index in [-0.39, 0.29) is 12.7 Å². The van der Waals surface area contributed by atoms with Gasteiger partial charge in [-0.2, -0.15) is 0 Å². The second-order valence-corrected chi connectivity index (χ2v) is 5.37. The summed E-state index contributed by atoms with van der Waals surface area (Å²) in [5.74, 6) is 0.575. The Labute approximate surface area is 145 Å². The second kappa shape index (κ2) is 7.72. The monoisotopic (exact) mass is 341 g/mol. The summed E-state index contributed by atoms with van der Waals surface area (Å²) >= 11 is 0. The Kier molecular flexibility index (Phi) is 5.20. The van der Waals surface area contributed by atoms with Gasteiger partial charge in [-0.25, -0.2) is 4.79 Å². The van der Waals surface area contributed by atoms with Crippen molar-refractivity contribution in [2.75, 3.05) is 20.8 Å². The zero-order chi connectivity index (χ0) is 17.6. The molecule has 3 rings (SSSR count). The quantitative estimate of drug-likeness (QED) is 0.815. The van der Waals surface area contributed by atoms with Gasteiger partial charge in [0, 0.05) is 0 Å². The number of hydrogen-bond acceptors (Lipinski definition) is 6. The lowest BCUT2D eigenvalue weighted by molar-refractivity contribution is -0.00355. The summed E-state index contributed by atoms with van der Waals surface area (Å²) in [6.45, 7) is 0.108. The number of methoxy groups -OCH3 is 2. The lowest BCUT2D eigenvalue weighted by atomic mass is 10.1. The van der Waals surface area contributed by atoms with Gasteiger partial charge in [0.15, 0.2) is 11.5 Å². The van der Waals surface area contributed by atoms with E-state index < -0.39 is 5.97 Å². The number of benzene rings is 2. The van der Waals surface area contributed by atoms with Crippen LogP contribution in [0.5, 0.6) is 11.5 Å². The first-order valence-corrected chi connectivity index (χ1v) is 7.79. The molecule has 0 aromatic heterocycles. The molecule has 2 aromatic carbocycles. The van der Waals surface area contributed by atoms with Gasteiger partial charge in [0.2, 0.25) is 0 Å². The first-order chi connectivity index (χ1) is 12.2. The molecular weight excluding hydrogens is 322 g/mol. The molecule has 0 unspecified atom stereocenters. The number of ether oxygens (including phenoxy) is 3. The van der Waals surface area contributed by atoms with Crippen LogP contribution in [0.4, 0.5) is 0 Å². The molecule has 2 aromatic rings. The van der Waals surface area contributed by atoms with Gasteiger partial charge in [0.25, 0.3) is 0 Å². The fraction of sp³-hybridized carbons (Fsp3) is 0.211. The lowest BCUT2D eigenvalue weighted by Crippen LogP contribution is -2.20. The van der Waals surface area contributed by atoms with E-state index in [1.807, 2.05) is 36.4 Å². The third-order valence-corrected chi connectivity index (χ3v) is 3.76. The number of hydrogen-bond donors (Lipinski definition) is 1. The molecule has 6 nitrogen and oxygen atoms in total. The highest BCUT2D eigenvalue weighted by molar-refractivity contribution is 5.90. The summed E-state index contributed by atoms with van der Waals surface area (Å²) in [5, 5.41) is 0. The molecule has 130 valence electrons. The van der Waals surface area contributed by atoms with Crippen molar-refractivity contribution >= 4 is 11.7 Å². The van der Waals surface area contributed by atoms with Crippen LogP contribution in [0, 0.1) is 0 Å². The standard InChI is InChI=1S/C19H19NO5/c1-22-17-9-8-14(10-18(17)23-2)19(21)24-12-15-11-16(20-25-15)13-6-4-3-5-7-13/h3-11,15,20H,12H2,1-2H3/t15-/m1/s1. The Bertz CT molecular complexity index is 773. The molecular formula is C19H19NO5. The zero-order valence-electron chi connectivity index (χ0n) is 14.0. The van der Waals surface area contributed by atoms with Crippen LogP contribution in [0.3, 0.4) is 0 Å². The normalized spacial score (nSPS) is 15.9. The van der Waals surface area contributed by atoms with Crippen molar-refractivity contribution < 1.29 is 23.8 Å². The van der Waals surface area contributed by atoms with Crippen molar-refractivity contribution in [3.63, 3.8) is 0 Å². The number of hydroxylamine groups is 1. The Morgan fingerprint density at radius 2 is 1.84 bits per heavy atom. The lowest BCUT2D eigenvalue weighted by Gasteiger charge is -2.11. The summed E-state index contributed by atoms with van der Waals surface area (Å²) in [6.07, 6.45) is 1.54. The number of carbonyl (C=O) groups is 1. The summed E-state index contributed by atoms with van der Waals surface area (Å²) < 4.78 is 15.7. The van der Waals surface area contributed by atoms with Crippen molar-refractivity contribution in [3.8, 4) is 11.5 Å². The molecule has 0 amide bonds. The molecule has 1 aliphatic heterocycles. The predicted octanol–water partition coefficient (Wildman–Crippen LogP) is 2.81. The molecule has 1 heterocycles. The van der Waals surface area contributed by atoms with Gasteiger partial charge in [-0.3, -0.25) is 10.3 Å². The minimum absolute atomic E-state index is 0.108. The van der Waals surface area contributed by atoms with E-state index in [2.05, 4.69) is 5.48 Å². The predicted molar refractivity (Wildman–Crippen MR) is 92.3 cm³/mol. The highest BCUT2D eigenvalue weighted by Gasteiger charge is 2.20. The molecule has 0 fully saturated rings. The third kappa shape index (κ3) is 3.92. The number of nitrogens with one attached hydrogen (secondary N) is 1. The molecule has 6 heteroatoms. The summed E-state index contributed by atoms with van der Waals surface area (Å²) in [6, 6.07) is 14.7. The second-order valence-electron chi connectivity index (χ2n) is 5.37. The average Bonchev–Trinajstić information content (AvgIpc) is 3.15. The van der Waals surface area contributed by atoms with E-state index in [0.29, 0.717) is 17.1 Å². The van der Waals surface area contributed by atoms with Crippen molar-refractivity contribution in [3.05, 3.63) is 65.7 Å².